The monoisotopic (exact) mass is 273 g/mol. The van der Waals surface area contributed by atoms with Crippen LogP contribution in [-0.2, 0) is 4.79 Å². The van der Waals surface area contributed by atoms with E-state index in [0.29, 0.717) is 5.56 Å². The number of aliphatic hydroxyl groups is 1. The number of aliphatic carboxylic acids is 1. The van der Waals surface area contributed by atoms with Gasteiger partial charge in [0.2, 0.25) is 0 Å². The van der Waals surface area contributed by atoms with Crippen LogP contribution in [-0.4, -0.2) is 22.2 Å². The standard InChI is InChI=1S/C10H12BrNO3/c11-7-4-2-1-3-6(7)9(13)5-8(12)10(14)15/h1-4,8-9,13H,5,12H2,(H,14,15)/t8-,9-/m0/s1. The van der Waals surface area contributed by atoms with E-state index in [0.717, 1.165) is 4.47 Å². The van der Waals surface area contributed by atoms with Crippen molar-refractivity contribution in [2.45, 2.75) is 18.6 Å². The predicted molar refractivity (Wildman–Crippen MR) is 59.3 cm³/mol. The van der Waals surface area contributed by atoms with E-state index in [9.17, 15) is 9.90 Å². The molecule has 15 heavy (non-hydrogen) atoms. The van der Waals surface area contributed by atoms with Crippen LogP contribution < -0.4 is 5.73 Å². The maximum atomic E-state index is 10.5. The van der Waals surface area contributed by atoms with Crippen LogP contribution in [0, 0.1) is 0 Å². The predicted octanol–water partition coefficient (Wildman–Crippen LogP) is 1.28. The molecule has 0 amide bonds. The third-order valence-electron chi connectivity index (χ3n) is 2.06. The average molecular weight is 274 g/mol. The average Bonchev–Trinajstić information content (AvgIpc) is 2.18. The molecule has 0 unspecified atom stereocenters. The van der Waals surface area contributed by atoms with Crippen LogP contribution in [0.5, 0.6) is 0 Å². The van der Waals surface area contributed by atoms with E-state index in [-0.39, 0.29) is 6.42 Å². The fraction of sp³-hybridized carbons (Fsp3) is 0.300. The number of halogens is 1. The lowest BCUT2D eigenvalue weighted by molar-refractivity contribution is -0.139. The number of rotatable bonds is 4. The van der Waals surface area contributed by atoms with Gasteiger partial charge in [-0.15, -0.1) is 0 Å². The van der Waals surface area contributed by atoms with Gasteiger partial charge in [-0.2, -0.15) is 0 Å². The van der Waals surface area contributed by atoms with Gasteiger partial charge >= 0.3 is 5.97 Å². The maximum Gasteiger partial charge on any atom is 0.320 e. The lowest BCUT2D eigenvalue weighted by atomic mass is 10.0. The molecule has 0 bridgehead atoms. The van der Waals surface area contributed by atoms with Crippen molar-refractivity contribution in [2.75, 3.05) is 0 Å². The molecule has 0 saturated carbocycles. The van der Waals surface area contributed by atoms with E-state index in [1.54, 1.807) is 18.2 Å². The fourth-order valence-electron chi connectivity index (χ4n) is 1.21. The van der Waals surface area contributed by atoms with Crippen molar-refractivity contribution >= 4 is 21.9 Å². The number of hydrogen-bond acceptors (Lipinski definition) is 3. The second-order valence-corrected chi connectivity index (χ2v) is 4.07. The van der Waals surface area contributed by atoms with E-state index >= 15 is 0 Å². The number of aliphatic hydroxyl groups excluding tert-OH is 1. The summed E-state index contributed by atoms with van der Waals surface area (Å²) >= 11 is 3.28. The van der Waals surface area contributed by atoms with Crippen molar-refractivity contribution in [3.8, 4) is 0 Å². The van der Waals surface area contributed by atoms with E-state index in [4.69, 9.17) is 10.8 Å². The molecule has 0 spiro atoms. The van der Waals surface area contributed by atoms with Gasteiger partial charge in [-0.25, -0.2) is 0 Å². The number of carboxylic acids is 1. The highest BCUT2D eigenvalue weighted by atomic mass is 79.9. The lowest BCUT2D eigenvalue weighted by Crippen LogP contribution is -2.31. The van der Waals surface area contributed by atoms with Gasteiger partial charge in [-0.3, -0.25) is 4.79 Å². The van der Waals surface area contributed by atoms with Crippen LogP contribution >= 0.6 is 15.9 Å². The van der Waals surface area contributed by atoms with Gasteiger partial charge in [0.1, 0.15) is 6.04 Å². The quantitative estimate of drug-likeness (QED) is 0.772. The summed E-state index contributed by atoms with van der Waals surface area (Å²) in [4.78, 5) is 10.5. The third kappa shape index (κ3) is 3.30. The fourth-order valence-corrected chi connectivity index (χ4v) is 1.76. The Labute approximate surface area is 95.8 Å². The number of hydrogen-bond donors (Lipinski definition) is 3. The summed E-state index contributed by atoms with van der Waals surface area (Å²) in [6, 6.07) is 6.05. The summed E-state index contributed by atoms with van der Waals surface area (Å²) in [7, 11) is 0. The molecule has 1 aromatic rings. The molecule has 0 aliphatic rings. The molecule has 0 aliphatic carbocycles. The molecule has 1 aromatic carbocycles. The molecule has 0 radical (unpaired) electrons. The molecule has 5 heteroatoms. The van der Waals surface area contributed by atoms with Crippen molar-refractivity contribution in [3.05, 3.63) is 34.3 Å². The topological polar surface area (TPSA) is 83.5 Å². The van der Waals surface area contributed by atoms with Gasteiger partial charge in [0.15, 0.2) is 0 Å². The number of carbonyl (C=O) groups is 1. The van der Waals surface area contributed by atoms with Crippen LogP contribution in [0.25, 0.3) is 0 Å². The smallest absolute Gasteiger partial charge is 0.320 e. The van der Waals surface area contributed by atoms with Crippen molar-refractivity contribution in [1.29, 1.82) is 0 Å². The van der Waals surface area contributed by atoms with E-state index in [1.165, 1.54) is 0 Å². The Balaban J connectivity index is 2.73. The SMILES string of the molecule is N[C@@H](C[C@H](O)c1ccccc1Br)C(=O)O. The maximum absolute atomic E-state index is 10.5. The normalized spacial score (nSPS) is 14.6. The molecule has 0 fully saturated rings. The third-order valence-corrected chi connectivity index (χ3v) is 2.78. The Kier molecular flexibility index (Phi) is 4.26. The summed E-state index contributed by atoms with van der Waals surface area (Å²) < 4.78 is 0.745. The largest absolute Gasteiger partial charge is 0.480 e. The minimum Gasteiger partial charge on any atom is -0.480 e. The van der Waals surface area contributed by atoms with Gasteiger partial charge < -0.3 is 15.9 Å². The molecule has 82 valence electrons. The lowest BCUT2D eigenvalue weighted by Gasteiger charge is -2.14. The second-order valence-electron chi connectivity index (χ2n) is 3.22. The zero-order valence-corrected chi connectivity index (χ0v) is 9.52. The Morgan fingerprint density at radius 2 is 2.07 bits per heavy atom. The zero-order valence-electron chi connectivity index (χ0n) is 7.93. The molecule has 0 aliphatic heterocycles. The summed E-state index contributed by atoms with van der Waals surface area (Å²) in [5, 5.41) is 18.3. The molecule has 1 rings (SSSR count). The van der Waals surface area contributed by atoms with Gasteiger partial charge in [-0.1, -0.05) is 34.1 Å². The molecule has 0 heterocycles. The Morgan fingerprint density at radius 3 is 2.60 bits per heavy atom. The first-order valence-corrected chi connectivity index (χ1v) is 5.22. The minimum atomic E-state index is -1.11. The molecule has 4 N–H and O–H groups in total. The molecule has 4 nitrogen and oxygen atoms in total. The number of benzene rings is 1. The zero-order chi connectivity index (χ0) is 11.4. The highest BCUT2D eigenvalue weighted by Gasteiger charge is 2.19. The van der Waals surface area contributed by atoms with Crippen LogP contribution in [0.3, 0.4) is 0 Å². The van der Waals surface area contributed by atoms with Gasteiger partial charge in [0.05, 0.1) is 6.10 Å². The minimum absolute atomic E-state index is 0.00204. The van der Waals surface area contributed by atoms with E-state index in [1.807, 2.05) is 6.07 Å². The van der Waals surface area contributed by atoms with Crippen molar-refractivity contribution < 1.29 is 15.0 Å². The molecule has 0 saturated heterocycles. The van der Waals surface area contributed by atoms with Crippen molar-refractivity contribution in [1.82, 2.24) is 0 Å². The summed E-state index contributed by atoms with van der Waals surface area (Å²) in [5.41, 5.74) is 5.98. The number of nitrogens with two attached hydrogens (primary N) is 1. The van der Waals surface area contributed by atoms with E-state index < -0.39 is 18.1 Å². The number of carboxylic acid groups (broad SMARTS) is 1. The Hall–Kier alpha value is -0.910. The van der Waals surface area contributed by atoms with Gasteiger partial charge in [0, 0.05) is 10.9 Å². The molecule has 2 atom stereocenters. The first kappa shape index (κ1) is 12.2. The summed E-state index contributed by atoms with van der Waals surface area (Å²) in [6.45, 7) is 0. The molecular formula is C10H12BrNO3. The molecule has 0 aromatic heterocycles. The van der Waals surface area contributed by atoms with Crippen LogP contribution in [0.2, 0.25) is 0 Å². The molecular weight excluding hydrogens is 262 g/mol. The highest BCUT2D eigenvalue weighted by molar-refractivity contribution is 9.10. The van der Waals surface area contributed by atoms with Crippen molar-refractivity contribution in [2.24, 2.45) is 5.73 Å². The van der Waals surface area contributed by atoms with Crippen LogP contribution in [0.15, 0.2) is 28.7 Å². The first-order chi connectivity index (χ1) is 7.02. The summed E-state index contributed by atoms with van der Waals surface area (Å²) in [5.74, 6) is -1.11. The van der Waals surface area contributed by atoms with Gasteiger partial charge in [-0.05, 0) is 11.6 Å². The van der Waals surface area contributed by atoms with Crippen LogP contribution in [0.1, 0.15) is 18.1 Å². The Morgan fingerprint density at radius 1 is 1.47 bits per heavy atom. The Bertz CT molecular complexity index is 356. The van der Waals surface area contributed by atoms with Crippen LogP contribution in [0.4, 0.5) is 0 Å². The van der Waals surface area contributed by atoms with E-state index in [2.05, 4.69) is 15.9 Å². The second kappa shape index (κ2) is 5.25. The highest BCUT2D eigenvalue weighted by Crippen LogP contribution is 2.25. The summed E-state index contributed by atoms with van der Waals surface area (Å²) in [6.07, 6.45) is -0.871. The van der Waals surface area contributed by atoms with Gasteiger partial charge in [0.25, 0.3) is 0 Å². The first-order valence-electron chi connectivity index (χ1n) is 4.43. The van der Waals surface area contributed by atoms with Crippen molar-refractivity contribution in [3.63, 3.8) is 0 Å².